The summed E-state index contributed by atoms with van der Waals surface area (Å²) in [4.78, 5) is 18.6. The molecule has 2 atom stereocenters. The van der Waals surface area contributed by atoms with Gasteiger partial charge in [-0.15, -0.1) is 0 Å². The summed E-state index contributed by atoms with van der Waals surface area (Å²) in [7, 11) is 0. The third-order valence-corrected chi connectivity index (χ3v) is 0.528. The van der Waals surface area contributed by atoms with Crippen molar-refractivity contribution in [3.8, 4) is 0 Å². The summed E-state index contributed by atoms with van der Waals surface area (Å²) in [5.74, 6) is -1.19. The van der Waals surface area contributed by atoms with E-state index in [-0.39, 0.29) is 80.3 Å². The summed E-state index contributed by atoms with van der Waals surface area (Å²) in [6, 6.07) is 0. The average molecular weight is 371 g/mol. The Bertz CT molecular complexity index is 128. The van der Waals surface area contributed by atoms with Crippen molar-refractivity contribution in [2.75, 3.05) is 0 Å². The van der Waals surface area contributed by atoms with E-state index in [1.807, 2.05) is 0 Å². The van der Waals surface area contributed by atoms with Gasteiger partial charge < -0.3 is 35.0 Å². The Morgan fingerprint density at radius 3 is 1.27 bits per heavy atom. The van der Waals surface area contributed by atoms with E-state index in [1.165, 1.54) is 20.1 Å². The first-order chi connectivity index (χ1) is 4.91. The van der Waals surface area contributed by atoms with Crippen molar-refractivity contribution in [1.82, 2.24) is 0 Å². The molecule has 2 radical (unpaired) electrons. The minimum Gasteiger partial charge on any atom is -0.539 e. The van der Waals surface area contributed by atoms with Gasteiger partial charge in [0.1, 0.15) is 6.10 Å². The summed E-state index contributed by atoms with van der Waals surface area (Å²) in [5.41, 5.74) is 0. The molecule has 0 saturated carbocycles. The largest absolute Gasteiger partial charge is 0.539 e. The van der Waals surface area contributed by atoms with Crippen LogP contribution >= 0.6 is 0 Å². The van der Waals surface area contributed by atoms with Crippen molar-refractivity contribution < 1.29 is 90.3 Å². The van der Waals surface area contributed by atoms with Crippen LogP contribution in [0.2, 0.25) is 0 Å². The second-order valence-electron chi connectivity index (χ2n) is 1.81. The maximum absolute atomic E-state index is 9.45. The quantitative estimate of drug-likeness (QED) is 0.586. The fraction of sp³-hybridized carbons (Fsp3) is 0.500. The van der Waals surface area contributed by atoms with E-state index >= 15 is 0 Å². The zero-order valence-electron chi connectivity index (χ0n) is 9.47. The normalized spacial score (nSPS) is 10.1. The maximum atomic E-state index is 9.45. The number of hydrogen-bond acceptors (Lipinski definition) is 4. The first kappa shape index (κ1) is 36.0. The monoisotopic (exact) mass is 371 g/mol. The number of aliphatic hydroxyl groups is 2. The Kier molecular flexibility index (Phi) is 58.7. The molecule has 0 saturated heterocycles. The van der Waals surface area contributed by atoms with Crippen molar-refractivity contribution in [2.24, 2.45) is 0 Å². The molecule has 15 heavy (non-hydrogen) atoms. The molecule has 88 valence electrons. The Balaban J connectivity index is -0.0000000215. The van der Waals surface area contributed by atoms with Crippen molar-refractivity contribution >= 4 is 12.3 Å². The average Bonchev–Trinajstić information content (AvgIpc) is 1.89. The molecule has 3 N–H and O–H groups in total. The molecule has 0 aromatic carbocycles. The van der Waals surface area contributed by atoms with E-state index in [0.717, 1.165) is 0 Å². The zero-order valence-corrected chi connectivity index (χ0v) is 15.1. The van der Waals surface area contributed by atoms with Crippen LogP contribution < -0.4 is 0 Å². The molecule has 0 spiro atoms. The minimum absolute atomic E-state index is 0. The molecule has 0 bridgehead atoms. The molecule has 7 heteroatoms. The summed E-state index contributed by atoms with van der Waals surface area (Å²) in [6.45, 7) is 2.55. The Morgan fingerprint density at radius 2 is 1.27 bits per heavy atom. The van der Waals surface area contributed by atoms with Gasteiger partial charge in [-0.3, -0.25) is 0 Å². The van der Waals surface area contributed by atoms with Crippen LogP contribution in [0.3, 0.4) is 0 Å². The van der Waals surface area contributed by atoms with Gasteiger partial charge in [0.25, 0.3) is 0 Å². The number of hydrogen-bond donors (Lipinski definition) is 3. The Hall–Kier alpha value is 1.27. The first-order valence-corrected chi connectivity index (χ1v) is 2.88. The van der Waals surface area contributed by atoms with Gasteiger partial charge in [0, 0.05) is 65.4 Å². The molecule has 5 nitrogen and oxygen atoms in total. The number of carboxylic acids is 1. The van der Waals surface area contributed by atoms with Crippen LogP contribution in [-0.2, 0) is 75.0 Å². The van der Waals surface area contributed by atoms with E-state index < -0.39 is 18.2 Å². The van der Waals surface area contributed by atoms with Crippen molar-refractivity contribution in [1.29, 1.82) is 0 Å². The van der Waals surface area contributed by atoms with Crippen LogP contribution in [0.5, 0.6) is 0 Å². The standard InChI is InChI=1S/C3H6O3.C3H5O2.2CH3.2Y/c1-2(4)3(5)6;1-3(5)2-4;;;;/h2,4H,1H3,(H,5,6);3,5H,1H3;2*1H3;;/q;3*-1;;. The van der Waals surface area contributed by atoms with E-state index in [4.69, 9.17) is 20.1 Å². The smallest absolute Gasteiger partial charge is 0.332 e. The first-order valence-electron chi connectivity index (χ1n) is 2.88. The molecule has 0 aliphatic heterocycles. The van der Waals surface area contributed by atoms with Crippen molar-refractivity contribution in [2.45, 2.75) is 26.1 Å². The summed E-state index contributed by atoms with van der Waals surface area (Å²) < 4.78 is 0. The van der Waals surface area contributed by atoms with E-state index in [1.54, 1.807) is 0 Å². The van der Waals surface area contributed by atoms with Crippen LogP contribution in [0.4, 0.5) is 0 Å². The third kappa shape index (κ3) is 50.9. The van der Waals surface area contributed by atoms with Crippen molar-refractivity contribution in [3.63, 3.8) is 0 Å². The molecule has 0 amide bonds. The second kappa shape index (κ2) is 24.5. The number of carbonyl (C=O) groups excluding carboxylic acids is 1. The predicted molar refractivity (Wildman–Crippen MR) is 49.5 cm³/mol. The number of carboxylic acid groups (broad SMARTS) is 1. The van der Waals surface area contributed by atoms with Gasteiger partial charge >= 0.3 is 5.97 Å². The summed E-state index contributed by atoms with van der Waals surface area (Å²) in [5, 5.41) is 23.7. The second-order valence-corrected chi connectivity index (χ2v) is 1.81. The van der Waals surface area contributed by atoms with Gasteiger partial charge in [-0.25, -0.2) is 11.1 Å². The topological polar surface area (TPSA) is 94.8 Å². The van der Waals surface area contributed by atoms with Crippen LogP contribution in [0.25, 0.3) is 0 Å². The Labute approximate surface area is 142 Å². The molecule has 0 aliphatic rings. The van der Waals surface area contributed by atoms with Crippen LogP contribution in [0.15, 0.2) is 0 Å². The molecule has 2 unspecified atom stereocenters. The van der Waals surface area contributed by atoms with Gasteiger partial charge in [0.15, 0.2) is 0 Å². The van der Waals surface area contributed by atoms with E-state index in [9.17, 15) is 4.79 Å². The molecule has 0 heterocycles. The minimum atomic E-state index is -1.23. The van der Waals surface area contributed by atoms with Gasteiger partial charge in [-0.2, -0.15) is 0 Å². The van der Waals surface area contributed by atoms with Crippen LogP contribution in [0.1, 0.15) is 13.8 Å². The summed E-state index contributed by atoms with van der Waals surface area (Å²) >= 11 is 0. The Morgan fingerprint density at radius 1 is 1.13 bits per heavy atom. The predicted octanol–water partition coefficient (Wildman–Crippen LogP) is -0.176. The number of carbonyl (C=O) groups is 1. The van der Waals surface area contributed by atoms with Crippen molar-refractivity contribution in [3.05, 3.63) is 14.9 Å². The summed E-state index contributed by atoms with van der Waals surface area (Å²) in [6.07, 6.45) is -0.819. The van der Waals surface area contributed by atoms with Gasteiger partial charge in [0.2, 0.25) is 0 Å². The van der Waals surface area contributed by atoms with Crippen LogP contribution in [0, 0.1) is 14.9 Å². The molecule has 0 aromatic rings. The van der Waals surface area contributed by atoms with Gasteiger partial charge in [0.05, 0.1) is 0 Å². The SMILES string of the molecule is CC(O)C(=O)O.CC(O)[C-]=O.[CH3-].[CH3-].[Y].[Y]. The molecule has 0 aromatic heterocycles. The number of aliphatic hydroxyl groups excluding tert-OH is 2. The molecular formula is C8H17O5Y2-3. The molecule has 0 aliphatic carbocycles. The van der Waals surface area contributed by atoms with Gasteiger partial charge in [-0.05, 0) is 13.0 Å². The fourth-order valence-corrected chi connectivity index (χ4v) is 0. The maximum Gasteiger partial charge on any atom is 0.332 e. The number of rotatable bonds is 2. The molecule has 0 fully saturated rings. The number of aliphatic carboxylic acids is 1. The van der Waals surface area contributed by atoms with Gasteiger partial charge in [-0.1, -0.05) is 6.92 Å². The fourth-order valence-electron chi connectivity index (χ4n) is 0. The third-order valence-electron chi connectivity index (χ3n) is 0.528. The van der Waals surface area contributed by atoms with E-state index in [0.29, 0.717) is 0 Å². The molecular weight excluding hydrogens is 354 g/mol. The molecule has 0 rings (SSSR count). The zero-order chi connectivity index (χ0) is 9.44. The van der Waals surface area contributed by atoms with E-state index in [2.05, 4.69) is 0 Å². The van der Waals surface area contributed by atoms with Crippen LogP contribution in [-0.4, -0.2) is 39.8 Å².